The van der Waals surface area contributed by atoms with Crippen molar-refractivity contribution in [3.8, 4) is 0 Å². The molecular weight excluding hydrogens is 200 g/mol. The van der Waals surface area contributed by atoms with Crippen molar-refractivity contribution in [2.45, 2.75) is 38.6 Å². The van der Waals surface area contributed by atoms with Crippen LogP contribution in [0, 0.1) is 0 Å². The van der Waals surface area contributed by atoms with E-state index in [4.69, 9.17) is 5.73 Å². The lowest BCUT2D eigenvalue weighted by Gasteiger charge is -2.11. The standard InChI is InChI=1S/C13H18N2O/c1-2-12(14)13(16)15-11-7-6-9-4-3-5-10(9)8-11/h6-8,12H,2-5,14H2,1H3,(H,15,16)/t12-/m1/s1. The molecule has 0 bridgehead atoms. The van der Waals surface area contributed by atoms with Gasteiger partial charge in [0.1, 0.15) is 0 Å². The Balaban J connectivity index is 2.08. The van der Waals surface area contributed by atoms with E-state index in [0.717, 1.165) is 18.5 Å². The van der Waals surface area contributed by atoms with Crippen molar-refractivity contribution in [2.24, 2.45) is 5.73 Å². The van der Waals surface area contributed by atoms with Gasteiger partial charge >= 0.3 is 0 Å². The Morgan fingerprint density at radius 3 is 2.94 bits per heavy atom. The van der Waals surface area contributed by atoms with Crippen LogP contribution in [-0.4, -0.2) is 11.9 Å². The number of rotatable bonds is 3. The Bertz CT molecular complexity index is 401. The predicted octanol–water partition coefficient (Wildman–Crippen LogP) is 1.85. The fraction of sp³-hybridized carbons (Fsp3) is 0.462. The minimum atomic E-state index is -0.409. The monoisotopic (exact) mass is 218 g/mol. The fourth-order valence-corrected chi connectivity index (χ4v) is 2.07. The third kappa shape index (κ3) is 2.25. The SMILES string of the molecule is CC[C@@H](N)C(=O)Nc1ccc2c(c1)CCC2. The molecule has 0 saturated carbocycles. The van der Waals surface area contributed by atoms with Crippen LogP contribution in [0.2, 0.25) is 0 Å². The second-order valence-corrected chi connectivity index (χ2v) is 4.34. The summed E-state index contributed by atoms with van der Waals surface area (Å²) >= 11 is 0. The molecule has 86 valence electrons. The van der Waals surface area contributed by atoms with Crippen LogP contribution in [-0.2, 0) is 17.6 Å². The quantitative estimate of drug-likeness (QED) is 0.813. The molecule has 3 nitrogen and oxygen atoms in total. The van der Waals surface area contributed by atoms with Crippen molar-refractivity contribution in [1.82, 2.24) is 0 Å². The topological polar surface area (TPSA) is 55.1 Å². The summed E-state index contributed by atoms with van der Waals surface area (Å²) in [5.74, 6) is -0.0968. The summed E-state index contributed by atoms with van der Waals surface area (Å²) in [6, 6.07) is 5.73. The molecule has 0 heterocycles. The third-order valence-corrected chi connectivity index (χ3v) is 3.14. The number of hydrogen-bond donors (Lipinski definition) is 2. The van der Waals surface area contributed by atoms with Gasteiger partial charge in [-0.25, -0.2) is 0 Å². The first-order valence-electron chi connectivity index (χ1n) is 5.89. The maximum atomic E-state index is 11.6. The second kappa shape index (κ2) is 4.66. The summed E-state index contributed by atoms with van der Waals surface area (Å²) in [7, 11) is 0. The van der Waals surface area contributed by atoms with Gasteiger partial charge in [0.15, 0.2) is 0 Å². The van der Waals surface area contributed by atoms with Crippen LogP contribution in [0.15, 0.2) is 18.2 Å². The number of carbonyl (C=O) groups is 1. The lowest BCUT2D eigenvalue weighted by molar-refractivity contribution is -0.117. The number of hydrogen-bond acceptors (Lipinski definition) is 2. The van der Waals surface area contributed by atoms with Gasteiger partial charge in [-0.3, -0.25) is 4.79 Å². The smallest absolute Gasteiger partial charge is 0.241 e. The molecule has 2 rings (SSSR count). The molecule has 0 unspecified atom stereocenters. The Morgan fingerprint density at radius 2 is 2.19 bits per heavy atom. The third-order valence-electron chi connectivity index (χ3n) is 3.14. The molecule has 1 aromatic carbocycles. The molecule has 1 aliphatic rings. The van der Waals surface area contributed by atoms with E-state index in [1.807, 2.05) is 13.0 Å². The first kappa shape index (κ1) is 11.1. The first-order valence-corrected chi connectivity index (χ1v) is 5.89. The Morgan fingerprint density at radius 1 is 1.44 bits per heavy atom. The molecule has 0 spiro atoms. The summed E-state index contributed by atoms with van der Waals surface area (Å²) in [6.45, 7) is 1.91. The van der Waals surface area contributed by atoms with Crippen molar-refractivity contribution >= 4 is 11.6 Å². The molecule has 1 amide bonds. The van der Waals surface area contributed by atoms with Gasteiger partial charge in [-0.15, -0.1) is 0 Å². The van der Waals surface area contributed by atoms with E-state index in [1.54, 1.807) is 0 Å². The van der Waals surface area contributed by atoms with Gasteiger partial charge in [-0.1, -0.05) is 13.0 Å². The summed E-state index contributed by atoms with van der Waals surface area (Å²) in [4.78, 5) is 11.6. The molecule has 1 aliphatic carbocycles. The van der Waals surface area contributed by atoms with Crippen molar-refractivity contribution in [3.63, 3.8) is 0 Å². The van der Waals surface area contributed by atoms with Crippen LogP contribution in [0.5, 0.6) is 0 Å². The maximum absolute atomic E-state index is 11.6. The number of carbonyl (C=O) groups excluding carboxylic acids is 1. The number of anilines is 1. The highest BCUT2D eigenvalue weighted by Gasteiger charge is 2.14. The van der Waals surface area contributed by atoms with Crippen molar-refractivity contribution in [1.29, 1.82) is 0 Å². The summed E-state index contributed by atoms with van der Waals surface area (Å²) in [5.41, 5.74) is 9.31. The molecule has 3 N–H and O–H groups in total. The van der Waals surface area contributed by atoms with Gasteiger partial charge in [-0.05, 0) is 48.9 Å². The van der Waals surface area contributed by atoms with Gasteiger partial charge in [-0.2, -0.15) is 0 Å². The highest BCUT2D eigenvalue weighted by Crippen LogP contribution is 2.24. The molecule has 0 fully saturated rings. The molecular formula is C13H18N2O. The van der Waals surface area contributed by atoms with Crippen LogP contribution >= 0.6 is 0 Å². The van der Waals surface area contributed by atoms with Crippen molar-refractivity contribution < 1.29 is 4.79 Å². The molecule has 0 aromatic heterocycles. The minimum Gasteiger partial charge on any atom is -0.325 e. The average Bonchev–Trinajstić information content (AvgIpc) is 2.75. The zero-order valence-electron chi connectivity index (χ0n) is 9.62. The second-order valence-electron chi connectivity index (χ2n) is 4.34. The van der Waals surface area contributed by atoms with E-state index in [2.05, 4.69) is 17.4 Å². The zero-order valence-corrected chi connectivity index (χ0v) is 9.62. The number of aryl methyl sites for hydroxylation is 2. The first-order chi connectivity index (χ1) is 7.70. The number of amides is 1. The number of nitrogens with one attached hydrogen (secondary N) is 1. The average molecular weight is 218 g/mol. The van der Waals surface area contributed by atoms with Gasteiger partial charge < -0.3 is 11.1 Å². The van der Waals surface area contributed by atoms with Gasteiger partial charge in [0.05, 0.1) is 6.04 Å². The normalized spacial score (nSPS) is 15.6. The number of nitrogens with two attached hydrogens (primary N) is 1. The molecule has 1 aromatic rings. The summed E-state index contributed by atoms with van der Waals surface area (Å²) in [6.07, 6.45) is 4.18. The molecule has 3 heteroatoms. The zero-order chi connectivity index (χ0) is 11.5. The summed E-state index contributed by atoms with van der Waals surface area (Å²) < 4.78 is 0. The lowest BCUT2D eigenvalue weighted by atomic mass is 10.1. The van der Waals surface area contributed by atoms with E-state index in [1.165, 1.54) is 17.5 Å². The van der Waals surface area contributed by atoms with E-state index in [0.29, 0.717) is 6.42 Å². The molecule has 1 atom stereocenters. The molecule has 16 heavy (non-hydrogen) atoms. The van der Waals surface area contributed by atoms with Crippen molar-refractivity contribution in [2.75, 3.05) is 5.32 Å². The van der Waals surface area contributed by atoms with E-state index in [9.17, 15) is 4.79 Å². The van der Waals surface area contributed by atoms with E-state index >= 15 is 0 Å². The maximum Gasteiger partial charge on any atom is 0.241 e. The predicted molar refractivity (Wildman–Crippen MR) is 65.4 cm³/mol. The molecule has 0 radical (unpaired) electrons. The van der Waals surface area contributed by atoms with E-state index < -0.39 is 6.04 Å². The van der Waals surface area contributed by atoms with Crippen LogP contribution in [0.25, 0.3) is 0 Å². The Hall–Kier alpha value is -1.35. The highest BCUT2D eigenvalue weighted by molar-refractivity contribution is 5.94. The van der Waals surface area contributed by atoms with Gasteiger partial charge in [0, 0.05) is 5.69 Å². The Kier molecular flexibility index (Phi) is 3.25. The molecule has 0 saturated heterocycles. The largest absolute Gasteiger partial charge is 0.325 e. The van der Waals surface area contributed by atoms with Crippen molar-refractivity contribution in [3.05, 3.63) is 29.3 Å². The minimum absolute atomic E-state index is 0.0968. The van der Waals surface area contributed by atoms with Crippen LogP contribution in [0.3, 0.4) is 0 Å². The van der Waals surface area contributed by atoms with Gasteiger partial charge in [0.25, 0.3) is 0 Å². The number of fused-ring (bicyclic) bond motifs is 1. The van der Waals surface area contributed by atoms with Crippen LogP contribution < -0.4 is 11.1 Å². The van der Waals surface area contributed by atoms with Crippen LogP contribution in [0.4, 0.5) is 5.69 Å². The Labute approximate surface area is 96.0 Å². The molecule has 0 aliphatic heterocycles. The summed E-state index contributed by atoms with van der Waals surface area (Å²) in [5, 5.41) is 2.86. The van der Waals surface area contributed by atoms with E-state index in [-0.39, 0.29) is 5.91 Å². The highest BCUT2D eigenvalue weighted by atomic mass is 16.2. The van der Waals surface area contributed by atoms with Gasteiger partial charge in [0.2, 0.25) is 5.91 Å². The number of benzene rings is 1. The van der Waals surface area contributed by atoms with Crippen LogP contribution in [0.1, 0.15) is 30.9 Å². The fourth-order valence-electron chi connectivity index (χ4n) is 2.07. The lowest BCUT2D eigenvalue weighted by Crippen LogP contribution is -2.34.